The highest BCUT2D eigenvalue weighted by Gasteiger charge is 2.39. The number of rotatable bonds is 4. The zero-order valence-electron chi connectivity index (χ0n) is 18.1. The molecule has 34 heavy (non-hydrogen) atoms. The van der Waals surface area contributed by atoms with E-state index >= 15 is 0 Å². The number of halogens is 3. The maximum absolute atomic E-state index is 13.5. The molecule has 0 spiro atoms. The number of benzene rings is 1. The highest BCUT2D eigenvalue weighted by molar-refractivity contribution is 6.00. The number of aromatic nitrogens is 4. The van der Waals surface area contributed by atoms with E-state index in [1.54, 1.807) is 18.3 Å². The van der Waals surface area contributed by atoms with Crippen LogP contribution in [0.2, 0.25) is 0 Å². The summed E-state index contributed by atoms with van der Waals surface area (Å²) in [6.07, 6.45) is -1.36. The van der Waals surface area contributed by atoms with Gasteiger partial charge in [0.15, 0.2) is 5.65 Å². The monoisotopic (exact) mass is 466 g/mol. The van der Waals surface area contributed by atoms with Crippen molar-refractivity contribution in [1.82, 2.24) is 30.8 Å². The van der Waals surface area contributed by atoms with Gasteiger partial charge in [-0.05, 0) is 36.8 Å². The largest absolute Gasteiger partial charge is 0.416 e. The first-order chi connectivity index (χ1) is 16.3. The predicted octanol–water partition coefficient (Wildman–Crippen LogP) is 3.83. The molecule has 1 saturated heterocycles. The van der Waals surface area contributed by atoms with Crippen molar-refractivity contribution in [3.05, 3.63) is 77.2 Å². The van der Waals surface area contributed by atoms with E-state index in [0.717, 1.165) is 17.3 Å². The fourth-order valence-electron chi connectivity index (χ4n) is 4.43. The zero-order valence-corrected chi connectivity index (χ0v) is 18.1. The number of H-pyrrole nitrogens is 1. The van der Waals surface area contributed by atoms with Crippen molar-refractivity contribution in [3.63, 3.8) is 0 Å². The van der Waals surface area contributed by atoms with Gasteiger partial charge in [0.2, 0.25) is 0 Å². The number of carbonyl (C=O) groups excluding carboxylic acids is 1. The third-order valence-electron chi connectivity index (χ3n) is 6.05. The Labute approximate surface area is 192 Å². The minimum Gasteiger partial charge on any atom is -0.347 e. The maximum atomic E-state index is 13.5. The second kappa shape index (κ2) is 8.53. The highest BCUT2D eigenvalue weighted by Crippen LogP contribution is 2.37. The summed E-state index contributed by atoms with van der Waals surface area (Å²) >= 11 is 0. The van der Waals surface area contributed by atoms with E-state index in [9.17, 15) is 18.0 Å². The van der Waals surface area contributed by atoms with E-state index in [2.05, 4.69) is 30.8 Å². The van der Waals surface area contributed by atoms with Gasteiger partial charge in [0, 0.05) is 54.1 Å². The molecule has 5 rings (SSSR count). The molecule has 1 aliphatic heterocycles. The van der Waals surface area contributed by atoms with Gasteiger partial charge in [-0.3, -0.25) is 14.9 Å². The van der Waals surface area contributed by atoms with Crippen LogP contribution in [0.5, 0.6) is 0 Å². The average Bonchev–Trinajstić information content (AvgIpc) is 3.45. The van der Waals surface area contributed by atoms with Gasteiger partial charge in [0.1, 0.15) is 5.69 Å². The van der Waals surface area contributed by atoms with Crippen molar-refractivity contribution >= 4 is 16.9 Å². The number of hydrogen-bond acceptors (Lipinski definition) is 5. The molecule has 1 aromatic carbocycles. The van der Waals surface area contributed by atoms with Crippen molar-refractivity contribution in [1.29, 1.82) is 0 Å². The molecule has 0 aliphatic carbocycles. The summed E-state index contributed by atoms with van der Waals surface area (Å²) in [5.41, 5.74) is 2.63. The van der Waals surface area contributed by atoms with Gasteiger partial charge in [-0.15, -0.1) is 0 Å². The lowest BCUT2D eigenvalue weighted by Gasteiger charge is -2.23. The van der Waals surface area contributed by atoms with Crippen molar-refractivity contribution < 1.29 is 18.0 Å². The number of aryl methyl sites for hydroxylation is 1. The number of pyridine rings is 2. The minimum atomic E-state index is -4.47. The van der Waals surface area contributed by atoms with Crippen molar-refractivity contribution in [2.75, 3.05) is 13.1 Å². The van der Waals surface area contributed by atoms with E-state index in [0.29, 0.717) is 35.4 Å². The molecule has 0 bridgehead atoms. The van der Waals surface area contributed by atoms with Crippen molar-refractivity contribution in [2.45, 2.75) is 25.1 Å². The Balaban J connectivity index is 1.42. The van der Waals surface area contributed by atoms with Crippen LogP contribution in [0.1, 0.15) is 33.1 Å². The molecule has 2 atom stereocenters. The van der Waals surface area contributed by atoms with Gasteiger partial charge >= 0.3 is 6.18 Å². The van der Waals surface area contributed by atoms with Crippen LogP contribution in [0.4, 0.5) is 13.2 Å². The molecule has 0 radical (unpaired) electrons. The molecule has 4 heterocycles. The van der Waals surface area contributed by atoms with Crippen LogP contribution in [0.25, 0.3) is 22.3 Å². The number of alkyl halides is 3. The Bertz CT molecular complexity index is 1370. The van der Waals surface area contributed by atoms with E-state index in [4.69, 9.17) is 0 Å². The second-order valence-corrected chi connectivity index (χ2v) is 8.31. The first-order valence-corrected chi connectivity index (χ1v) is 10.8. The lowest BCUT2D eigenvalue weighted by Crippen LogP contribution is -2.40. The number of fused-ring (bicyclic) bond motifs is 1. The van der Waals surface area contributed by atoms with Crippen molar-refractivity contribution in [2.24, 2.45) is 0 Å². The summed E-state index contributed by atoms with van der Waals surface area (Å²) in [5.74, 6) is -0.918. The van der Waals surface area contributed by atoms with Crippen molar-refractivity contribution in [3.8, 4) is 11.3 Å². The standard InChI is InChI=1S/C24H21F3N6O/c1-13-8-14(6-7-29-13)21-17-9-15(10-30-22(17)33-32-21)23(34)31-20-12-28-11-18(20)16-4-2-3-5-19(16)24(25,26)27/h2-10,18,20,28H,11-12H2,1H3,(H,31,34)(H,30,32,33)/t18-,20+/m0/s1. The fraction of sp³-hybridized carbons (Fsp3) is 0.250. The molecule has 3 N–H and O–H groups in total. The molecular weight excluding hydrogens is 445 g/mol. The van der Waals surface area contributed by atoms with E-state index < -0.39 is 29.6 Å². The molecule has 1 fully saturated rings. The van der Waals surface area contributed by atoms with Gasteiger partial charge < -0.3 is 10.6 Å². The summed E-state index contributed by atoms with van der Waals surface area (Å²) < 4.78 is 40.6. The van der Waals surface area contributed by atoms with Gasteiger partial charge in [-0.25, -0.2) is 4.98 Å². The maximum Gasteiger partial charge on any atom is 0.416 e. The van der Waals surface area contributed by atoms with E-state index in [-0.39, 0.29) is 5.56 Å². The molecule has 1 aliphatic rings. The van der Waals surface area contributed by atoms with Crippen LogP contribution in [0, 0.1) is 6.92 Å². The first-order valence-electron chi connectivity index (χ1n) is 10.8. The number of aromatic amines is 1. The lowest BCUT2D eigenvalue weighted by atomic mass is 9.90. The van der Waals surface area contributed by atoms with Crippen LogP contribution >= 0.6 is 0 Å². The molecule has 174 valence electrons. The van der Waals surface area contributed by atoms with Crippen LogP contribution in [0.15, 0.2) is 54.9 Å². The Kier molecular flexibility index (Phi) is 5.52. The fourth-order valence-corrected chi connectivity index (χ4v) is 4.43. The third kappa shape index (κ3) is 4.12. The van der Waals surface area contributed by atoms with Gasteiger partial charge in [-0.1, -0.05) is 18.2 Å². The predicted molar refractivity (Wildman–Crippen MR) is 120 cm³/mol. The summed E-state index contributed by atoms with van der Waals surface area (Å²) in [6.45, 7) is 2.58. The molecular formula is C24H21F3N6O. The summed E-state index contributed by atoms with van der Waals surface area (Å²) in [5, 5.41) is 13.9. The SMILES string of the molecule is Cc1cc(-c2n[nH]c3ncc(C(=O)N[C@@H]4CNC[C@H]4c4ccccc4C(F)(F)F)cc23)ccn1. The Morgan fingerprint density at radius 1 is 1.12 bits per heavy atom. The number of nitrogens with one attached hydrogen (secondary N) is 3. The Morgan fingerprint density at radius 3 is 2.74 bits per heavy atom. The molecule has 1 amide bonds. The molecule has 3 aromatic heterocycles. The molecule has 10 heteroatoms. The first kappa shape index (κ1) is 22.0. The van der Waals surface area contributed by atoms with E-state index in [1.165, 1.54) is 18.3 Å². The number of carbonyl (C=O) groups is 1. The number of amides is 1. The van der Waals surface area contributed by atoms with Crippen LogP contribution < -0.4 is 10.6 Å². The Morgan fingerprint density at radius 2 is 1.94 bits per heavy atom. The Hall–Kier alpha value is -3.79. The third-order valence-corrected chi connectivity index (χ3v) is 6.05. The summed E-state index contributed by atoms with van der Waals surface area (Å²) in [7, 11) is 0. The van der Waals surface area contributed by atoms with Crippen LogP contribution in [-0.2, 0) is 6.18 Å². The molecule has 0 saturated carbocycles. The summed E-state index contributed by atoms with van der Waals surface area (Å²) in [4.78, 5) is 21.6. The van der Waals surface area contributed by atoms with E-state index in [1.807, 2.05) is 19.1 Å². The lowest BCUT2D eigenvalue weighted by molar-refractivity contribution is -0.138. The number of hydrogen-bond donors (Lipinski definition) is 3. The quantitative estimate of drug-likeness (QED) is 0.425. The second-order valence-electron chi connectivity index (χ2n) is 8.31. The minimum absolute atomic E-state index is 0.170. The van der Waals surface area contributed by atoms with Crippen LogP contribution in [-0.4, -0.2) is 45.2 Å². The molecule has 4 aromatic rings. The number of nitrogens with zero attached hydrogens (tertiary/aromatic N) is 3. The zero-order chi connectivity index (χ0) is 23.9. The van der Waals surface area contributed by atoms with Gasteiger partial charge in [0.05, 0.1) is 11.1 Å². The normalized spacial score (nSPS) is 18.4. The smallest absolute Gasteiger partial charge is 0.347 e. The molecule has 7 nitrogen and oxygen atoms in total. The van der Waals surface area contributed by atoms with Crippen LogP contribution in [0.3, 0.4) is 0 Å². The van der Waals surface area contributed by atoms with Gasteiger partial charge in [-0.2, -0.15) is 18.3 Å². The summed E-state index contributed by atoms with van der Waals surface area (Å²) in [6, 6.07) is 10.4. The average molecular weight is 466 g/mol. The highest BCUT2D eigenvalue weighted by atomic mass is 19.4. The van der Waals surface area contributed by atoms with Gasteiger partial charge in [0.25, 0.3) is 5.91 Å². The molecule has 0 unspecified atom stereocenters. The topological polar surface area (TPSA) is 95.6 Å².